The van der Waals surface area contributed by atoms with E-state index in [-0.39, 0.29) is 11.5 Å². The zero-order valence-corrected chi connectivity index (χ0v) is 26.5. The number of sulfone groups is 2. The largest absolute Gasteiger partial charge is 0.250 e. The van der Waals surface area contributed by atoms with Crippen molar-refractivity contribution in [3.8, 4) is 0 Å². The Labute approximate surface area is 241 Å². The van der Waals surface area contributed by atoms with Crippen LogP contribution < -0.4 is 9.66 Å². The molecule has 0 radical (unpaired) electrons. The van der Waals surface area contributed by atoms with E-state index in [2.05, 4.69) is 10.2 Å². The first-order valence-corrected chi connectivity index (χ1v) is 20.9. The minimum absolute atomic E-state index is 0.0993. The van der Waals surface area contributed by atoms with Crippen molar-refractivity contribution in [3.05, 3.63) is 0 Å². The third-order valence-electron chi connectivity index (χ3n) is 7.38. The molecule has 0 bridgehead atoms. The highest BCUT2D eigenvalue weighted by molar-refractivity contribution is 8.04. The number of sulfonamides is 2. The first-order valence-electron chi connectivity index (χ1n) is 14.4. The minimum atomic E-state index is -3.65. The van der Waals surface area contributed by atoms with Gasteiger partial charge in [-0.05, 0) is 38.5 Å². The van der Waals surface area contributed by atoms with Crippen molar-refractivity contribution in [2.75, 3.05) is 11.5 Å². The molecule has 2 aliphatic rings. The molecular weight excluding hydrogens is 601 g/mol. The van der Waals surface area contributed by atoms with E-state index in [1.807, 2.05) is 9.66 Å². The lowest BCUT2D eigenvalue weighted by molar-refractivity contribution is 0.478. The van der Waals surface area contributed by atoms with Gasteiger partial charge in [-0.1, -0.05) is 77.0 Å². The molecule has 40 heavy (non-hydrogen) atoms. The summed E-state index contributed by atoms with van der Waals surface area (Å²) in [7, 11) is -14.5. The van der Waals surface area contributed by atoms with Crippen LogP contribution in [0.3, 0.4) is 0 Å². The number of hydrogen-bond donors (Lipinski definition) is 2. The third-order valence-corrected chi connectivity index (χ3v) is 13.4. The van der Waals surface area contributed by atoms with E-state index in [1.54, 1.807) is 0 Å². The summed E-state index contributed by atoms with van der Waals surface area (Å²) in [4.78, 5) is 4.10. The van der Waals surface area contributed by atoms with Gasteiger partial charge in [0, 0.05) is 0 Å². The maximum atomic E-state index is 12.2. The van der Waals surface area contributed by atoms with E-state index < -0.39 is 50.2 Å². The van der Waals surface area contributed by atoms with E-state index in [1.165, 1.54) is 0 Å². The van der Waals surface area contributed by atoms with Gasteiger partial charge in [-0.25, -0.2) is 43.3 Å². The molecule has 0 heterocycles. The molecule has 2 saturated carbocycles. The molecule has 0 aliphatic heterocycles. The van der Waals surface area contributed by atoms with Gasteiger partial charge in [0.25, 0.3) is 0 Å². The van der Waals surface area contributed by atoms with Crippen molar-refractivity contribution in [3.63, 3.8) is 0 Å². The average molecular weight is 647 g/mol. The second-order valence-corrected chi connectivity index (χ2v) is 18.6. The fourth-order valence-electron chi connectivity index (χ4n) is 5.02. The lowest BCUT2D eigenvalue weighted by atomic mass is 10.0. The predicted molar refractivity (Wildman–Crippen MR) is 159 cm³/mol. The Balaban J connectivity index is 1.51. The van der Waals surface area contributed by atoms with E-state index >= 15 is 0 Å². The molecule has 0 aromatic rings. The minimum Gasteiger partial charge on any atom is -0.223 e. The molecular formula is C24H46N4O8S4. The molecule has 12 nitrogen and oxygen atoms in total. The third kappa shape index (κ3) is 14.1. The summed E-state index contributed by atoms with van der Waals surface area (Å²) in [6, 6.07) is 0. The molecule has 2 fully saturated rings. The number of nitrogens with one attached hydrogen (secondary N) is 2. The molecule has 2 N–H and O–H groups in total. The number of hydrogen-bond acceptors (Lipinski definition) is 10. The maximum Gasteiger partial charge on any atom is 0.250 e. The Bertz CT molecular complexity index is 1140. The zero-order chi connectivity index (χ0) is 29.5. The van der Waals surface area contributed by atoms with Crippen LogP contribution in [0.25, 0.3) is 0 Å². The Morgan fingerprint density at radius 3 is 1.10 bits per heavy atom. The van der Waals surface area contributed by atoms with Gasteiger partial charge in [0.1, 0.15) is 11.1 Å². The van der Waals surface area contributed by atoms with Crippen LogP contribution in [-0.4, -0.2) is 66.8 Å². The van der Waals surface area contributed by atoms with Gasteiger partial charge in [-0.3, -0.25) is 0 Å². The number of rotatable bonds is 19. The summed E-state index contributed by atoms with van der Waals surface area (Å²) >= 11 is 0. The van der Waals surface area contributed by atoms with Crippen LogP contribution in [0, 0.1) is 0 Å². The van der Waals surface area contributed by atoms with Crippen LogP contribution >= 0.6 is 0 Å². The van der Waals surface area contributed by atoms with Gasteiger partial charge in [-0.15, -0.1) is 0 Å². The quantitative estimate of drug-likeness (QED) is 0.0926. The van der Waals surface area contributed by atoms with E-state index in [4.69, 9.17) is 0 Å². The second kappa shape index (κ2) is 17.0. The highest BCUT2D eigenvalue weighted by Crippen LogP contribution is 2.24. The molecule has 16 heteroatoms. The van der Waals surface area contributed by atoms with E-state index in [0.29, 0.717) is 62.5 Å². The van der Waals surface area contributed by atoms with Crippen LogP contribution in [-0.2, 0) is 39.7 Å². The van der Waals surface area contributed by atoms with Crippen molar-refractivity contribution in [1.29, 1.82) is 0 Å². The van der Waals surface area contributed by atoms with Gasteiger partial charge in [0.05, 0.1) is 22.0 Å². The van der Waals surface area contributed by atoms with Crippen LogP contribution in [0.2, 0.25) is 0 Å². The number of unbranched alkanes of at least 4 members (excludes halogenated alkanes) is 7. The molecule has 0 saturated heterocycles. The first-order chi connectivity index (χ1) is 18.8. The number of hydrazone groups is 2. The molecule has 2 rings (SSSR count). The lowest BCUT2D eigenvalue weighted by Crippen LogP contribution is -2.33. The van der Waals surface area contributed by atoms with E-state index in [0.717, 1.165) is 64.2 Å². The maximum absolute atomic E-state index is 12.2. The van der Waals surface area contributed by atoms with Gasteiger partial charge >= 0.3 is 0 Å². The molecule has 0 amide bonds. The van der Waals surface area contributed by atoms with Crippen LogP contribution in [0.4, 0.5) is 0 Å². The number of nitrogens with zero attached hydrogens (tertiary/aromatic N) is 2. The van der Waals surface area contributed by atoms with Crippen molar-refractivity contribution < 1.29 is 33.7 Å². The lowest BCUT2D eigenvalue weighted by Gasteiger charge is -2.20. The SMILES string of the molecule is O=S(=O)(C=NNS(=O)(=O)C1CCCCC1)CCCCCCCCCCS(=O)(=O)C=NNS(=O)(=O)C1CCCCC1. The van der Waals surface area contributed by atoms with Crippen molar-refractivity contribution in [2.24, 2.45) is 10.2 Å². The molecule has 234 valence electrons. The van der Waals surface area contributed by atoms with Crippen molar-refractivity contribution in [2.45, 2.75) is 126 Å². The summed E-state index contributed by atoms with van der Waals surface area (Å²) < 4.78 is 97.1. The average Bonchev–Trinajstić information content (AvgIpc) is 2.90. The Morgan fingerprint density at radius 2 is 0.775 bits per heavy atom. The highest BCUT2D eigenvalue weighted by atomic mass is 32.2. The van der Waals surface area contributed by atoms with E-state index in [9.17, 15) is 33.7 Å². The molecule has 2 aliphatic carbocycles. The fourth-order valence-corrected chi connectivity index (χ4v) is 9.61. The van der Waals surface area contributed by atoms with Gasteiger partial charge in [-0.2, -0.15) is 10.2 Å². The Morgan fingerprint density at radius 1 is 0.475 bits per heavy atom. The summed E-state index contributed by atoms with van der Waals surface area (Å²) in [6.45, 7) is 0. The Hall–Kier alpha value is -1.26. The Kier molecular flexibility index (Phi) is 14.8. The smallest absolute Gasteiger partial charge is 0.223 e. The van der Waals surface area contributed by atoms with Gasteiger partial charge in [0.15, 0.2) is 19.7 Å². The zero-order valence-electron chi connectivity index (χ0n) is 23.2. The fraction of sp³-hybridized carbons (Fsp3) is 0.917. The summed E-state index contributed by atoms with van der Waals surface area (Å²) in [5, 5.41) is 5.93. The van der Waals surface area contributed by atoms with Crippen LogP contribution in [0.5, 0.6) is 0 Å². The molecule has 0 unspecified atom stereocenters. The standard InChI is InChI=1S/C24H46N4O8S4/c29-37(30,21-25-27-39(33,34)23-15-9-7-10-16-23)19-13-5-3-1-2-4-6-14-20-38(31,32)22-26-28-40(35,36)24-17-11-8-12-18-24/h21-24,27-28H,1-20H2. The molecule has 0 atom stereocenters. The normalized spacial score (nSPS) is 18.9. The van der Waals surface area contributed by atoms with Gasteiger partial charge < -0.3 is 0 Å². The van der Waals surface area contributed by atoms with Crippen molar-refractivity contribution >= 4 is 50.8 Å². The monoisotopic (exact) mass is 646 g/mol. The molecule has 0 aromatic carbocycles. The first kappa shape index (κ1) is 34.9. The summed E-state index contributed by atoms with van der Waals surface area (Å²) in [6.07, 6.45) is 13.5. The second-order valence-electron chi connectivity index (χ2n) is 10.8. The summed E-state index contributed by atoms with van der Waals surface area (Å²) in [5.74, 6) is -0.199. The van der Waals surface area contributed by atoms with Gasteiger partial charge in [0.2, 0.25) is 20.0 Å². The highest BCUT2D eigenvalue weighted by Gasteiger charge is 2.27. The van der Waals surface area contributed by atoms with Crippen molar-refractivity contribution in [1.82, 2.24) is 9.66 Å². The molecule has 0 spiro atoms. The van der Waals surface area contributed by atoms with Crippen LogP contribution in [0.1, 0.15) is 116 Å². The topological polar surface area (TPSA) is 185 Å². The summed E-state index contributed by atoms with van der Waals surface area (Å²) in [5.41, 5.74) is 1.38. The predicted octanol–water partition coefficient (Wildman–Crippen LogP) is 3.33. The molecule has 0 aromatic heterocycles. The van der Waals surface area contributed by atoms with Crippen LogP contribution in [0.15, 0.2) is 10.2 Å².